The van der Waals surface area contributed by atoms with Crippen molar-refractivity contribution < 1.29 is 14.2 Å². The molecule has 0 radical (unpaired) electrons. The minimum atomic E-state index is -0.778. The van der Waals surface area contributed by atoms with Crippen LogP contribution in [-0.4, -0.2) is 32.8 Å². The molecule has 3 aromatic carbocycles. The number of benzene rings is 3. The fourth-order valence-electron chi connectivity index (χ4n) is 4.40. The third kappa shape index (κ3) is 4.78. The van der Waals surface area contributed by atoms with E-state index in [4.69, 9.17) is 19.2 Å². The van der Waals surface area contributed by atoms with Crippen LogP contribution in [0.3, 0.4) is 0 Å². The molecule has 172 valence electrons. The number of ether oxygens (including phenoxy) is 3. The lowest BCUT2D eigenvalue weighted by Gasteiger charge is -2.25. The minimum Gasteiger partial charge on any atom is -0.497 e. The van der Waals surface area contributed by atoms with Gasteiger partial charge in [0.05, 0.1) is 26.2 Å². The van der Waals surface area contributed by atoms with Gasteiger partial charge >= 0.3 is 0 Å². The van der Waals surface area contributed by atoms with Crippen LogP contribution in [0.1, 0.15) is 5.56 Å². The van der Waals surface area contributed by atoms with Gasteiger partial charge in [0, 0.05) is 0 Å². The lowest BCUT2D eigenvalue weighted by atomic mass is 10.1. The Bertz CT molecular complexity index is 1150. The minimum absolute atomic E-state index is 0.0519. The van der Waals surface area contributed by atoms with Gasteiger partial charge in [-0.3, -0.25) is 0 Å². The fourth-order valence-corrected chi connectivity index (χ4v) is 6.90. The van der Waals surface area contributed by atoms with Gasteiger partial charge in [-0.2, -0.15) is 0 Å². The van der Waals surface area contributed by atoms with Crippen molar-refractivity contribution in [2.24, 2.45) is 10.9 Å². The highest BCUT2D eigenvalue weighted by molar-refractivity contribution is 7.76. The van der Waals surface area contributed by atoms with E-state index in [2.05, 4.69) is 66.8 Å². The van der Waals surface area contributed by atoms with Crippen LogP contribution in [0.2, 0.25) is 0 Å². The van der Waals surface area contributed by atoms with Crippen LogP contribution >= 0.6 is 7.92 Å². The Kier molecular flexibility index (Phi) is 6.78. The van der Waals surface area contributed by atoms with Gasteiger partial charge in [0.15, 0.2) is 5.90 Å². The topological polar surface area (TPSA) is 40.0 Å². The summed E-state index contributed by atoms with van der Waals surface area (Å²) in [6, 6.07) is 27.5. The van der Waals surface area contributed by atoms with E-state index in [0.29, 0.717) is 6.61 Å². The SMILES string of the molecule is COc1ccc(P(C2=CC=CC2C2=N[C@@H](Cc3ccccc3)CO2)c2ccc(OC)cc2)cc1. The molecular weight excluding hydrogens is 441 g/mol. The van der Waals surface area contributed by atoms with E-state index >= 15 is 0 Å². The van der Waals surface area contributed by atoms with Crippen molar-refractivity contribution in [2.45, 2.75) is 12.5 Å². The molecule has 0 spiro atoms. The number of allylic oxidation sites excluding steroid dienone is 2. The molecule has 0 aromatic heterocycles. The third-order valence-corrected chi connectivity index (χ3v) is 8.69. The van der Waals surface area contributed by atoms with Crippen LogP contribution < -0.4 is 20.1 Å². The summed E-state index contributed by atoms with van der Waals surface area (Å²) in [5.41, 5.74) is 1.29. The molecule has 2 atom stereocenters. The Balaban J connectivity index is 1.45. The van der Waals surface area contributed by atoms with E-state index in [-0.39, 0.29) is 12.0 Å². The van der Waals surface area contributed by atoms with Gasteiger partial charge in [0.25, 0.3) is 0 Å². The zero-order valence-corrected chi connectivity index (χ0v) is 20.3. The molecule has 5 rings (SSSR count). The second kappa shape index (κ2) is 10.3. The molecule has 4 nitrogen and oxygen atoms in total. The number of hydrogen-bond donors (Lipinski definition) is 0. The van der Waals surface area contributed by atoms with Gasteiger partial charge in [-0.25, -0.2) is 4.99 Å². The molecule has 1 unspecified atom stereocenters. The van der Waals surface area contributed by atoms with Gasteiger partial charge in [0.2, 0.25) is 0 Å². The summed E-state index contributed by atoms with van der Waals surface area (Å²) < 4.78 is 17.0. The number of rotatable bonds is 8. The summed E-state index contributed by atoms with van der Waals surface area (Å²) in [5, 5.41) is 3.85. The molecule has 3 aromatic rings. The Labute approximate surface area is 202 Å². The van der Waals surface area contributed by atoms with E-state index in [9.17, 15) is 0 Å². The molecular formula is C29H28NO3P. The van der Waals surface area contributed by atoms with E-state index in [1.807, 2.05) is 30.3 Å². The fraction of sp³-hybridized carbons (Fsp3) is 0.207. The average Bonchev–Trinajstić information content (AvgIpc) is 3.55. The highest BCUT2D eigenvalue weighted by Gasteiger charge is 2.33. The van der Waals surface area contributed by atoms with Crippen LogP contribution in [0.5, 0.6) is 11.5 Å². The normalized spacial score (nSPS) is 19.0. The van der Waals surface area contributed by atoms with Crippen molar-refractivity contribution in [3.8, 4) is 11.5 Å². The summed E-state index contributed by atoms with van der Waals surface area (Å²) in [6.07, 6.45) is 7.48. The molecule has 1 heterocycles. The highest BCUT2D eigenvalue weighted by Crippen LogP contribution is 2.50. The van der Waals surface area contributed by atoms with Crippen molar-refractivity contribution >= 4 is 24.4 Å². The molecule has 1 aliphatic carbocycles. The summed E-state index contributed by atoms with van der Waals surface area (Å²) >= 11 is 0. The number of hydrogen-bond acceptors (Lipinski definition) is 4. The number of methoxy groups -OCH3 is 2. The predicted molar refractivity (Wildman–Crippen MR) is 140 cm³/mol. The van der Waals surface area contributed by atoms with Gasteiger partial charge in [0.1, 0.15) is 18.1 Å². The van der Waals surface area contributed by atoms with Crippen LogP contribution in [-0.2, 0) is 11.2 Å². The molecule has 0 amide bonds. The van der Waals surface area contributed by atoms with Crippen LogP contribution in [0, 0.1) is 5.92 Å². The maximum Gasteiger partial charge on any atom is 0.195 e. The first-order chi connectivity index (χ1) is 16.7. The Morgan fingerprint density at radius 1 is 0.853 bits per heavy atom. The second-order valence-corrected chi connectivity index (χ2v) is 10.5. The quantitative estimate of drug-likeness (QED) is 0.424. The van der Waals surface area contributed by atoms with Gasteiger partial charge in [-0.05, 0) is 60.1 Å². The Morgan fingerprint density at radius 3 is 2.06 bits per heavy atom. The summed E-state index contributed by atoms with van der Waals surface area (Å²) in [7, 11) is 2.62. The van der Waals surface area contributed by atoms with Crippen molar-refractivity contribution in [1.82, 2.24) is 0 Å². The van der Waals surface area contributed by atoms with E-state index < -0.39 is 7.92 Å². The monoisotopic (exact) mass is 469 g/mol. The molecule has 5 heteroatoms. The zero-order valence-electron chi connectivity index (χ0n) is 19.4. The maximum atomic E-state index is 6.18. The third-order valence-electron chi connectivity index (χ3n) is 6.12. The van der Waals surface area contributed by atoms with Crippen LogP contribution in [0.25, 0.3) is 0 Å². The first kappa shape index (κ1) is 22.4. The number of aliphatic imine (C=N–C) groups is 1. The summed E-state index contributed by atoms with van der Waals surface area (Å²) in [5.74, 6) is 2.60. The molecule has 0 saturated heterocycles. The van der Waals surface area contributed by atoms with E-state index in [1.165, 1.54) is 21.5 Å². The smallest absolute Gasteiger partial charge is 0.195 e. The van der Waals surface area contributed by atoms with Gasteiger partial charge in [-0.1, -0.05) is 72.8 Å². The second-order valence-electron chi connectivity index (χ2n) is 8.31. The molecule has 1 aliphatic heterocycles. The van der Waals surface area contributed by atoms with Crippen LogP contribution in [0.4, 0.5) is 0 Å². The van der Waals surface area contributed by atoms with Crippen molar-refractivity contribution in [3.63, 3.8) is 0 Å². The van der Waals surface area contributed by atoms with Gasteiger partial charge in [-0.15, -0.1) is 0 Å². The summed E-state index contributed by atoms with van der Waals surface area (Å²) in [6.45, 7) is 0.630. The van der Waals surface area contributed by atoms with Crippen molar-refractivity contribution in [1.29, 1.82) is 0 Å². The average molecular weight is 470 g/mol. The largest absolute Gasteiger partial charge is 0.497 e. The Hall–Kier alpha value is -3.36. The molecule has 0 saturated carbocycles. The molecule has 0 N–H and O–H groups in total. The predicted octanol–water partition coefficient (Wildman–Crippen LogP) is 5.25. The molecule has 0 bridgehead atoms. The zero-order chi connectivity index (χ0) is 23.3. The van der Waals surface area contributed by atoms with E-state index in [1.54, 1.807) is 14.2 Å². The first-order valence-electron chi connectivity index (χ1n) is 11.5. The molecule has 2 aliphatic rings. The standard InChI is InChI=1S/C29H28NO3P/c1-31-23-11-15-25(16-12-23)34(26-17-13-24(32-2)14-18-26)28-10-6-9-27(28)29-30-22(20-33-29)19-21-7-4-3-5-8-21/h3-18,22,27H,19-20H2,1-2H3/t22-,27?/m0/s1. The van der Waals surface area contributed by atoms with Crippen molar-refractivity contribution in [3.05, 3.63) is 108 Å². The lowest BCUT2D eigenvalue weighted by molar-refractivity contribution is 0.306. The molecule has 34 heavy (non-hydrogen) atoms. The lowest BCUT2D eigenvalue weighted by Crippen LogP contribution is -2.20. The molecule has 0 fully saturated rings. The Morgan fingerprint density at radius 2 is 1.47 bits per heavy atom. The van der Waals surface area contributed by atoms with Gasteiger partial charge < -0.3 is 14.2 Å². The van der Waals surface area contributed by atoms with E-state index in [0.717, 1.165) is 23.8 Å². The number of nitrogens with zero attached hydrogens (tertiary/aromatic N) is 1. The highest BCUT2D eigenvalue weighted by atomic mass is 31.1. The van der Waals surface area contributed by atoms with Crippen molar-refractivity contribution in [2.75, 3.05) is 20.8 Å². The first-order valence-corrected chi connectivity index (χ1v) is 12.8. The van der Waals surface area contributed by atoms with Crippen LogP contribution in [0.15, 0.2) is 107 Å². The summed E-state index contributed by atoms with van der Waals surface area (Å²) in [4.78, 5) is 5.01. The maximum absolute atomic E-state index is 6.18.